The minimum atomic E-state index is -1.06. The quantitative estimate of drug-likeness (QED) is 0.329. The highest BCUT2D eigenvalue weighted by atomic mass is 35.5. The number of ether oxygens (including phenoxy) is 1. The lowest BCUT2D eigenvalue weighted by Crippen LogP contribution is -2.47. The van der Waals surface area contributed by atoms with Gasteiger partial charge in [-0.1, -0.05) is 41.0 Å². The van der Waals surface area contributed by atoms with Crippen molar-refractivity contribution in [1.29, 1.82) is 0 Å². The molecule has 1 amide bonds. The van der Waals surface area contributed by atoms with E-state index >= 15 is 0 Å². The molecule has 5 rings (SSSR count). The molecule has 0 unspecified atom stereocenters. The zero-order valence-corrected chi connectivity index (χ0v) is 20.1. The smallest absolute Gasteiger partial charge is 0.270 e. The van der Waals surface area contributed by atoms with Gasteiger partial charge in [0.1, 0.15) is 11.4 Å². The van der Waals surface area contributed by atoms with Crippen molar-refractivity contribution in [3.8, 4) is 28.3 Å². The lowest BCUT2D eigenvalue weighted by Gasteiger charge is -2.30. The average molecular weight is 473 g/mol. The number of fused-ring (bicyclic) bond motifs is 3. The van der Waals surface area contributed by atoms with Crippen molar-refractivity contribution in [3.63, 3.8) is 0 Å². The van der Waals surface area contributed by atoms with Crippen molar-refractivity contribution in [3.05, 3.63) is 88.9 Å². The van der Waals surface area contributed by atoms with Gasteiger partial charge in [-0.3, -0.25) is 4.79 Å². The molecule has 1 aliphatic carbocycles. The lowest BCUT2D eigenvalue weighted by atomic mass is 9.88. The van der Waals surface area contributed by atoms with Crippen LogP contribution < -0.4 is 9.64 Å². The summed E-state index contributed by atoms with van der Waals surface area (Å²) in [6.07, 6.45) is 1.86. The van der Waals surface area contributed by atoms with Crippen LogP contribution in [0.25, 0.3) is 22.6 Å². The summed E-state index contributed by atoms with van der Waals surface area (Å²) in [5.74, 6) is 1.21. The van der Waals surface area contributed by atoms with Crippen LogP contribution in [0, 0.1) is 0 Å². The van der Waals surface area contributed by atoms with Gasteiger partial charge in [0.25, 0.3) is 5.91 Å². The number of carbonyl (C=O) groups is 1. The predicted molar refractivity (Wildman–Crippen MR) is 134 cm³/mol. The Labute approximate surface area is 203 Å². The van der Waals surface area contributed by atoms with E-state index in [0.717, 1.165) is 46.7 Å². The maximum absolute atomic E-state index is 13.2. The van der Waals surface area contributed by atoms with E-state index in [-0.39, 0.29) is 5.91 Å². The van der Waals surface area contributed by atoms with Crippen molar-refractivity contribution in [2.75, 3.05) is 11.9 Å². The first-order valence-electron chi connectivity index (χ1n) is 11.2. The van der Waals surface area contributed by atoms with Gasteiger partial charge in [0.05, 0.1) is 0 Å². The number of aromatic nitrogens is 1. The van der Waals surface area contributed by atoms with E-state index in [2.05, 4.69) is 23.4 Å². The standard InChI is InChI=1S/C28H25ClN2O3/c1-28(2,33-22-15-11-20(29)12-16-22)27(32)31(3)21-13-8-19(9-14-21)26-24-17-10-18-6-4-5-7-23(18)25(24)30-34-26/h4-9,11-16H,10,17H2,1-3H3. The van der Waals surface area contributed by atoms with Gasteiger partial charge < -0.3 is 14.2 Å². The number of nitrogens with zero attached hydrogens (tertiary/aromatic N) is 2. The third-order valence-electron chi connectivity index (χ3n) is 6.23. The minimum Gasteiger partial charge on any atom is -0.478 e. The van der Waals surface area contributed by atoms with E-state index in [1.165, 1.54) is 5.56 Å². The summed E-state index contributed by atoms with van der Waals surface area (Å²) in [6.45, 7) is 3.51. The van der Waals surface area contributed by atoms with Crippen molar-refractivity contribution >= 4 is 23.2 Å². The molecular formula is C28H25ClN2O3. The molecule has 0 bridgehead atoms. The molecular weight excluding hydrogens is 448 g/mol. The number of rotatable bonds is 5. The fraction of sp³-hybridized carbons (Fsp3) is 0.214. The summed E-state index contributed by atoms with van der Waals surface area (Å²) in [5.41, 5.74) is 5.15. The van der Waals surface area contributed by atoms with Crippen LogP contribution in [-0.4, -0.2) is 23.7 Å². The number of carbonyl (C=O) groups excluding carboxylic acids is 1. The maximum Gasteiger partial charge on any atom is 0.270 e. The van der Waals surface area contributed by atoms with E-state index < -0.39 is 5.60 Å². The Kier molecular flexibility index (Phi) is 5.66. The van der Waals surface area contributed by atoms with Crippen LogP contribution in [0.1, 0.15) is 25.0 Å². The highest BCUT2D eigenvalue weighted by Crippen LogP contribution is 2.38. The zero-order valence-electron chi connectivity index (χ0n) is 19.3. The first-order valence-corrected chi connectivity index (χ1v) is 11.6. The molecule has 1 aliphatic rings. The fourth-order valence-corrected chi connectivity index (χ4v) is 4.53. The Balaban J connectivity index is 1.35. The molecule has 6 heteroatoms. The number of benzene rings is 3. The summed E-state index contributed by atoms with van der Waals surface area (Å²) in [6, 6.07) is 23.1. The van der Waals surface area contributed by atoms with Crippen LogP contribution in [0.3, 0.4) is 0 Å². The molecule has 3 aromatic carbocycles. The van der Waals surface area contributed by atoms with Crippen LogP contribution in [0.15, 0.2) is 77.3 Å². The van der Waals surface area contributed by atoms with Crippen molar-refractivity contribution < 1.29 is 14.1 Å². The third-order valence-corrected chi connectivity index (χ3v) is 6.48. The molecule has 4 aromatic rings. The SMILES string of the molecule is CN(C(=O)C(C)(C)Oc1ccc(Cl)cc1)c1ccc(-c2onc3c2CCc2ccccc2-3)cc1. The average Bonchev–Trinajstić information content (AvgIpc) is 3.29. The van der Waals surface area contributed by atoms with Crippen LogP contribution in [0.5, 0.6) is 5.75 Å². The van der Waals surface area contributed by atoms with E-state index in [4.69, 9.17) is 20.9 Å². The molecule has 0 N–H and O–H groups in total. The van der Waals surface area contributed by atoms with E-state index in [1.54, 1.807) is 50.1 Å². The number of halogens is 1. The first kappa shape index (κ1) is 22.2. The van der Waals surface area contributed by atoms with E-state index in [1.807, 2.05) is 30.3 Å². The molecule has 172 valence electrons. The molecule has 0 saturated heterocycles. The van der Waals surface area contributed by atoms with Gasteiger partial charge in [0, 0.05) is 34.4 Å². The molecule has 0 radical (unpaired) electrons. The molecule has 0 atom stereocenters. The summed E-state index contributed by atoms with van der Waals surface area (Å²) < 4.78 is 11.7. The van der Waals surface area contributed by atoms with Crippen molar-refractivity contribution in [1.82, 2.24) is 5.16 Å². The molecule has 34 heavy (non-hydrogen) atoms. The zero-order chi connectivity index (χ0) is 23.9. The van der Waals surface area contributed by atoms with Crippen LogP contribution in [0.2, 0.25) is 5.02 Å². The van der Waals surface area contributed by atoms with Crippen LogP contribution in [-0.2, 0) is 17.6 Å². The highest BCUT2D eigenvalue weighted by Gasteiger charge is 2.33. The first-order chi connectivity index (χ1) is 16.3. The number of hydrogen-bond acceptors (Lipinski definition) is 4. The second-order valence-electron chi connectivity index (χ2n) is 8.97. The third kappa shape index (κ3) is 4.08. The van der Waals surface area contributed by atoms with Gasteiger partial charge in [0.15, 0.2) is 11.4 Å². The number of aryl methyl sites for hydroxylation is 1. The topological polar surface area (TPSA) is 55.6 Å². The summed E-state index contributed by atoms with van der Waals surface area (Å²) in [5, 5.41) is 4.99. The largest absolute Gasteiger partial charge is 0.478 e. The van der Waals surface area contributed by atoms with Gasteiger partial charge in [0.2, 0.25) is 0 Å². The normalized spacial score (nSPS) is 12.6. The van der Waals surface area contributed by atoms with E-state index in [0.29, 0.717) is 10.8 Å². The molecule has 0 spiro atoms. The van der Waals surface area contributed by atoms with Crippen LogP contribution >= 0.6 is 11.6 Å². The summed E-state index contributed by atoms with van der Waals surface area (Å²) in [7, 11) is 1.75. The highest BCUT2D eigenvalue weighted by molar-refractivity contribution is 6.30. The Morgan fingerprint density at radius 1 is 1.00 bits per heavy atom. The predicted octanol–water partition coefficient (Wildman–Crippen LogP) is 6.58. The van der Waals surface area contributed by atoms with Gasteiger partial charge >= 0.3 is 0 Å². The summed E-state index contributed by atoms with van der Waals surface area (Å²) >= 11 is 5.95. The Bertz CT molecular complexity index is 1340. The van der Waals surface area contributed by atoms with Crippen molar-refractivity contribution in [2.24, 2.45) is 0 Å². The Morgan fingerprint density at radius 2 is 1.71 bits per heavy atom. The lowest BCUT2D eigenvalue weighted by molar-refractivity contribution is -0.131. The van der Waals surface area contributed by atoms with Gasteiger partial charge in [-0.05, 0) is 80.8 Å². The molecule has 0 saturated carbocycles. The summed E-state index contributed by atoms with van der Waals surface area (Å²) in [4.78, 5) is 14.8. The maximum atomic E-state index is 13.2. The van der Waals surface area contributed by atoms with E-state index in [9.17, 15) is 4.79 Å². The fourth-order valence-electron chi connectivity index (χ4n) is 4.41. The monoisotopic (exact) mass is 472 g/mol. The second kappa shape index (κ2) is 8.65. The number of amides is 1. The molecule has 0 fully saturated rings. The Hall–Kier alpha value is -3.57. The molecule has 1 aromatic heterocycles. The molecule has 5 nitrogen and oxygen atoms in total. The van der Waals surface area contributed by atoms with Gasteiger partial charge in [-0.15, -0.1) is 0 Å². The number of hydrogen-bond donors (Lipinski definition) is 0. The van der Waals surface area contributed by atoms with Gasteiger partial charge in [-0.2, -0.15) is 0 Å². The number of anilines is 1. The second-order valence-corrected chi connectivity index (χ2v) is 9.41. The molecule has 1 heterocycles. The molecule has 0 aliphatic heterocycles. The number of likely N-dealkylation sites (N-methyl/N-ethyl adjacent to an activating group) is 1. The Morgan fingerprint density at radius 3 is 2.44 bits per heavy atom. The van der Waals surface area contributed by atoms with Crippen LogP contribution in [0.4, 0.5) is 5.69 Å². The minimum absolute atomic E-state index is 0.163. The van der Waals surface area contributed by atoms with Gasteiger partial charge in [-0.25, -0.2) is 0 Å². The van der Waals surface area contributed by atoms with Crippen molar-refractivity contribution in [2.45, 2.75) is 32.3 Å².